The summed E-state index contributed by atoms with van der Waals surface area (Å²) in [5.74, 6) is 3.51. The van der Waals surface area contributed by atoms with Crippen LogP contribution in [-0.2, 0) is 16.1 Å². The molecule has 2 fully saturated rings. The van der Waals surface area contributed by atoms with Crippen molar-refractivity contribution in [2.75, 3.05) is 60.9 Å². The molecule has 2 heterocycles. The van der Waals surface area contributed by atoms with Crippen LogP contribution in [0.5, 0.6) is 0 Å². The maximum Gasteiger partial charge on any atom is 0.225 e. The lowest BCUT2D eigenvalue weighted by Gasteiger charge is -2.41. The van der Waals surface area contributed by atoms with Crippen molar-refractivity contribution in [3.63, 3.8) is 0 Å². The molecule has 0 radical (unpaired) electrons. The van der Waals surface area contributed by atoms with Crippen LogP contribution in [0.25, 0.3) is 0 Å². The van der Waals surface area contributed by atoms with Gasteiger partial charge in [-0.15, -0.1) is 0 Å². The highest BCUT2D eigenvalue weighted by Crippen LogP contribution is 2.34. The molecule has 0 bridgehead atoms. The number of carbonyl (C=O) groups excluding carboxylic acids is 2. The van der Waals surface area contributed by atoms with Crippen LogP contribution in [0.3, 0.4) is 0 Å². The van der Waals surface area contributed by atoms with Crippen molar-refractivity contribution in [3.8, 4) is 0 Å². The van der Waals surface area contributed by atoms with Crippen LogP contribution < -0.4 is 0 Å². The molecule has 1 aromatic rings. The molecule has 3 rings (SSSR count). The van der Waals surface area contributed by atoms with Gasteiger partial charge in [-0.1, -0.05) is 52.0 Å². The number of hydrogen-bond acceptors (Lipinski definition) is 4. The van der Waals surface area contributed by atoms with Crippen molar-refractivity contribution < 1.29 is 9.59 Å². The van der Waals surface area contributed by atoms with Gasteiger partial charge in [-0.2, -0.15) is 0 Å². The van der Waals surface area contributed by atoms with E-state index in [0.29, 0.717) is 11.8 Å². The predicted molar refractivity (Wildman–Crippen MR) is 175 cm³/mol. The van der Waals surface area contributed by atoms with Gasteiger partial charge in [0.2, 0.25) is 11.8 Å². The van der Waals surface area contributed by atoms with Gasteiger partial charge >= 0.3 is 0 Å². The Morgan fingerprint density at radius 3 is 1.64 bits per heavy atom. The van der Waals surface area contributed by atoms with E-state index < -0.39 is 0 Å². The third kappa shape index (κ3) is 10.1. The zero-order chi connectivity index (χ0) is 30.8. The lowest BCUT2D eigenvalue weighted by molar-refractivity contribution is -0.134. The zero-order valence-electron chi connectivity index (χ0n) is 28.3. The molecule has 6 heteroatoms. The Balaban J connectivity index is 1.38. The van der Waals surface area contributed by atoms with Gasteiger partial charge in [0.25, 0.3) is 0 Å². The van der Waals surface area contributed by atoms with E-state index in [2.05, 4.69) is 61.8 Å². The smallest absolute Gasteiger partial charge is 0.225 e. The average molecular weight is 583 g/mol. The molecular formula is C36H62N4O2. The molecule has 1 aromatic carbocycles. The fraction of sp³-hybridized carbons (Fsp3) is 0.778. The number of piperidine rings is 2. The normalized spacial score (nSPS) is 20.6. The van der Waals surface area contributed by atoms with E-state index in [-0.39, 0.29) is 23.7 Å². The monoisotopic (exact) mass is 582 g/mol. The van der Waals surface area contributed by atoms with E-state index in [1.54, 1.807) is 9.80 Å². The Kier molecular flexibility index (Phi) is 13.8. The Morgan fingerprint density at radius 2 is 1.19 bits per heavy atom. The highest BCUT2D eigenvalue weighted by Gasteiger charge is 2.30. The Labute approximate surface area is 258 Å². The van der Waals surface area contributed by atoms with Gasteiger partial charge in [0, 0.05) is 53.1 Å². The first kappa shape index (κ1) is 34.6. The minimum absolute atomic E-state index is 0.102. The van der Waals surface area contributed by atoms with Crippen molar-refractivity contribution >= 4 is 11.8 Å². The number of rotatable bonds is 14. The summed E-state index contributed by atoms with van der Waals surface area (Å²) in [7, 11) is 7.48. The molecule has 2 amide bonds. The number of nitrogens with zero attached hydrogens (tertiary/aromatic N) is 4. The molecule has 0 saturated carbocycles. The van der Waals surface area contributed by atoms with E-state index in [1.165, 1.54) is 63.0 Å². The number of amides is 2. The molecule has 6 nitrogen and oxygen atoms in total. The minimum atomic E-state index is 0.102. The van der Waals surface area contributed by atoms with Crippen LogP contribution in [0.4, 0.5) is 0 Å². The van der Waals surface area contributed by atoms with Gasteiger partial charge in [0.15, 0.2) is 0 Å². The number of benzene rings is 1. The first-order valence-corrected chi connectivity index (χ1v) is 17.0. The van der Waals surface area contributed by atoms with E-state index in [1.807, 2.05) is 28.2 Å². The fourth-order valence-electron chi connectivity index (χ4n) is 7.58. The van der Waals surface area contributed by atoms with Gasteiger partial charge in [0.05, 0.1) is 0 Å². The lowest BCUT2D eigenvalue weighted by Crippen LogP contribution is -2.42. The molecule has 2 aliphatic rings. The molecule has 4 atom stereocenters. The summed E-state index contributed by atoms with van der Waals surface area (Å²) in [6.07, 6.45) is 9.09. The maximum absolute atomic E-state index is 12.5. The second-order valence-electron chi connectivity index (χ2n) is 14.1. The van der Waals surface area contributed by atoms with Crippen molar-refractivity contribution in [1.29, 1.82) is 0 Å². The molecule has 42 heavy (non-hydrogen) atoms. The number of likely N-dealkylation sites (tertiary alicyclic amines) is 2. The largest absolute Gasteiger partial charge is 0.349 e. The summed E-state index contributed by atoms with van der Waals surface area (Å²) in [6, 6.07) is 9.19. The summed E-state index contributed by atoms with van der Waals surface area (Å²) in [6.45, 7) is 15.9. The second-order valence-corrected chi connectivity index (χ2v) is 14.1. The van der Waals surface area contributed by atoms with Crippen LogP contribution in [0.15, 0.2) is 24.3 Å². The van der Waals surface area contributed by atoms with Crippen LogP contribution in [-0.4, -0.2) is 92.3 Å². The highest BCUT2D eigenvalue weighted by atomic mass is 16.2. The van der Waals surface area contributed by atoms with Gasteiger partial charge < -0.3 is 14.7 Å². The van der Waals surface area contributed by atoms with E-state index in [9.17, 15) is 9.59 Å². The van der Waals surface area contributed by atoms with Crippen molar-refractivity contribution in [2.45, 2.75) is 91.5 Å². The van der Waals surface area contributed by atoms with Gasteiger partial charge in [-0.3, -0.25) is 14.5 Å². The second kappa shape index (κ2) is 16.8. The minimum Gasteiger partial charge on any atom is -0.349 e. The van der Waals surface area contributed by atoms with E-state index >= 15 is 0 Å². The topological polar surface area (TPSA) is 47.1 Å². The first-order valence-electron chi connectivity index (χ1n) is 17.0. The zero-order valence-corrected chi connectivity index (χ0v) is 28.3. The van der Waals surface area contributed by atoms with Crippen molar-refractivity contribution in [3.05, 3.63) is 35.4 Å². The van der Waals surface area contributed by atoms with Crippen LogP contribution in [0, 0.1) is 29.6 Å². The lowest BCUT2D eigenvalue weighted by atomic mass is 9.78. The van der Waals surface area contributed by atoms with Crippen LogP contribution in [0.1, 0.15) is 96.1 Å². The standard InChI is InChI=1S/C36H62N4O2/c1-9-30(35(41)37(5)6)23-27(3)25-39-19-15-33(16-20-39)34-17-21-40(22-18-34)26-29-11-13-32(14-12-29)28(4)24-31(10-2)36(42)38(7)8/h11-14,27-28,30-31,33-34H,9-10,15-26H2,1-8H3. The quantitative estimate of drug-likeness (QED) is 0.256. The Hall–Kier alpha value is -1.92. The molecular weight excluding hydrogens is 520 g/mol. The Morgan fingerprint density at radius 1 is 0.738 bits per heavy atom. The van der Waals surface area contributed by atoms with Crippen molar-refractivity contribution in [1.82, 2.24) is 19.6 Å². The SMILES string of the molecule is CCC(CC(C)CN1CCC(C2CCN(Cc3ccc(C(C)CC(CC)C(=O)N(C)C)cc3)CC2)CC1)C(=O)N(C)C. The molecule has 4 unspecified atom stereocenters. The summed E-state index contributed by atoms with van der Waals surface area (Å²) >= 11 is 0. The summed E-state index contributed by atoms with van der Waals surface area (Å²) in [4.78, 5) is 33.7. The molecule has 0 aliphatic carbocycles. The molecule has 2 saturated heterocycles. The molecule has 0 spiro atoms. The van der Waals surface area contributed by atoms with Crippen LogP contribution in [0.2, 0.25) is 0 Å². The average Bonchev–Trinajstić information content (AvgIpc) is 2.99. The molecule has 0 N–H and O–H groups in total. The third-order valence-corrected chi connectivity index (χ3v) is 10.3. The molecule has 2 aliphatic heterocycles. The van der Waals surface area contributed by atoms with Crippen LogP contribution >= 0.6 is 0 Å². The Bertz CT molecular complexity index is 946. The summed E-state index contributed by atoms with van der Waals surface area (Å²) in [5.41, 5.74) is 2.75. The van der Waals surface area contributed by atoms with Gasteiger partial charge in [-0.25, -0.2) is 0 Å². The molecule has 0 aromatic heterocycles. The molecule has 238 valence electrons. The summed E-state index contributed by atoms with van der Waals surface area (Å²) < 4.78 is 0. The predicted octanol–water partition coefficient (Wildman–Crippen LogP) is 6.36. The maximum atomic E-state index is 12.5. The fourth-order valence-corrected chi connectivity index (χ4v) is 7.58. The number of hydrogen-bond donors (Lipinski definition) is 0. The van der Waals surface area contributed by atoms with Gasteiger partial charge in [0.1, 0.15) is 0 Å². The van der Waals surface area contributed by atoms with Gasteiger partial charge in [-0.05, 0) is 112 Å². The summed E-state index contributed by atoms with van der Waals surface area (Å²) in [5, 5.41) is 0. The number of carbonyl (C=O) groups is 2. The van der Waals surface area contributed by atoms with E-state index in [4.69, 9.17) is 0 Å². The third-order valence-electron chi connectivity index (χ3n) is 10.3. The highest BCUT2D eigenvalue weighted by molar-refractivity contribution is 5.78. The first-order chi connectivity index (χ1) is 20.0. The van der Waals surface area contributed by atoms with Crippen molar-refractivity contribution in [2.24, 2.45) is 29.6 Å². The van der Waals surface area contributed by atoms with E-state index in [0.717, 1.165) is 50.6 Å².